The van der Waals surface area contributed by atoms with E-state index in [0.717, 1.165) is 56.8 Å². The number of benzene rings is 1. The van der Waals surface area contributed by atoms with Crippen molar-refractivity contribution >= 4 is 35.2 Å². The first kappa shape index (κ1) is 27.8. The molecule has 0 radical (unpaired) electrons. The highest BCUT2D eigenvalue weighted by molar-refractivity contribution is 5.99. The predicted octanol–water partition coefficient (Wildman–Crippen LogP) is -0.508. The molecule has 16 heteroatoms. The zero-order valence-electron chi connectivity index (χ0n) is 21.6. The molecule has 4 N–H and O–H groups in total. The van der Waals surface area contributed by atoms with Crippen molar-refractivity contribution in [2.45, 2.75) is 25.4 Å². The largest absolute Gasteiger partial charge is 0.542 e. The van der Waals surface area contributed by atoms with Gasteiger partial charge in [0.15, 0.2) is 5.76 Å². The van der Waals surface area contributed by atoms with Gasteiger partial charge in [-0.25, -0.2) is 0 Å². The first-order valence-corrected chi connectivity index (χ1v) is 12.8. The van der Waals surface area contributed by atoms with Crippen LogP contribution in [-0.2, 0) is 22.4 Å². The summed E-state index contributed by atoms with van der Waals surface area (Å²) >= 11 is 0. The Hall–Kier alpha value is -4.73. The number of quaternary nitrogens is 1. The summed E-state index contributed by atoms with van der Waals surface area (Å²) in [5.41, 5.74) is 9.57. The number of aromatic nitrogens is 5. The van der Waals surface area contributed by atoms with Gasteiger partial charge >= 0.3 is 6.18 Å². The fourth-order valence-electron chi connectivity index (χ4n) is 4.81. The highest BCUT2D eigenvalue weighted by Crippen LogP contribution is 2.26. The molecule has 1 fully saturated rings. The molecule has 0 bridgehead atoms. The zero-order valence-corrected chi connectivity index (χ0v) is 21.6. The van der Waals surface area contributed by atoms with E-state index in [0.29, 0.717) is 29.7 Å². The lowest BCUT2D eigenvalue weighted by Crippen LogP contribution is -3.12. The van der Waals surface area contributed by atoms with Crippen LogP contribution >= 0.6 is 0 Å². The number of aliphatic carboxylic acids is 1. The first-order valence-electron chi connectivity index (χ1n) is 12.8. The fourth-order valence-corrected chi connectivity index (χ4v) is 4.81. The van der Waals surface area contributed by atoms with E-state index in [1.54, 1.807) is 18.4 Å². The van der Waals surface area contributed by atoms with Crippen LogP contribution in [-0.4, -0.2) is 75.3 Å². The van der Waals surface area contributed by atoms with Gasteiger partial charge in [0, 0.05) is 25.1 Å². The monoisotopic (exact) mass is 573 g/mol. The van der Waals surface area contributed by atoms with Crippen molar-refractivity contribution in [2.24, 2.45) is 0 Å². The molecule has 216 valence electrons. The van der Waals surface area contributed by atoms with E-state index in [9.17, 15) is 18.0 Å². The summed E-state index contributed by atoms with van der Waals surface area (Å²) in [5, 5.41) is 16.1. The van der Waals surface area contributed by atoms with Gasteiger partial charge in [0.05, 0.1) is 38.9 Å². The molecule has 13 nitrogen and oxygen atoms in total. The van der Waals surface area contributed by atoms with Gasteiger partial charge < -0.3 is 35.2 Å². The number of rotatable bonds is 5. The number of carbonyl (C=O) groups excluding carboxylic acids is 2. The summed E-state index contributed by atoms with van der Waals surface area (Å²) in [4.78, 5) is 37.9. The number of amides is 1. The highest BCUT2D eigenvalue weighted by atomic mass is 19.4. The Balaban J connectivity index is 0.000000431. The molecule has 5 heterocycles. The van der Waals surface area contributed by atoms with Crippen molar-refractivity contribution in [1.82, 2.24) is 24.6 Å². The van der Waals surface area contributed by atoms with Gasteiger partial charge in [-0.2, -0.15) is 32.6 Å². The Bertz CT molecular complexity index is 1560. The number of anilines is 3. The Morgan fingerprint density at radius 1 is 1.15 bits per heavy atom. The quantitative estimate of drug-likeness (QED) is 0.282. The first-order chi connectivity index (χ1) is 19.6. The minimum absolute atomic E-state index is 0.0837. The van der Waals surface area contributed by atoms with E-state index >= 15 is 0 Å². The highest BCUT2D eigenvalue weighted by Gasteiger charge is 2.29. The molecule has 1 amide bonds. The van der Waals surface area contributed by atoms with Crippen molar-refractivity contribution in [3.8, 4) is 11.6 Å². The van der Waals surface area contributed by atoms with Crippen LogP contribution in [0.3, 0.4) is 0 Å². The summed E-state index contributed by atoms with van der Waals surface area (Å²) < 4.78 is 38.4. The third kappa shape index (κ3) is 6.37. The van der Waals surface area contributed by atoms with E-state index in [-0.39, 0.29) is 11.9 Å². The maximum Gasteiger partial charge on any atom is 0.430 e. The summed E-state index contributed by atoms with van der Waals surface area (Å²) in [6, 6.07) is 9.73. The van der Waals surface area contributed by atoms with Crippen LogP contribution < -0.4 is 26.0 Å². The average Bonchev–Trinajstić information content (AvgIpc) is 3.64. The van der Waals surface area contributed by atoms with Gasteiger partial charge in [0.25, 0.3) is 5.78 Å². The van der Waals surface area contributed by atoms with Crippen LogP contribution in [0.5, 0.6) is 0 Å². The molecule has 1 saturated heterocycles. The molecule has 3 aromatic heterocycles. The molecular formula is C25H26F3N9O4. The second kappa shape index (κ2) is 11.4. The number of carbonyl (C=O) groups is 2. The van der Waals surface area contributed by atoms with Gasteiger partial charge in [-0.3, -0.25) is 4.79 Å². The van der Waals surface area contributed by atoms with Gasteiger partial charge in [-0.1, -0.05) is 12.1 Å². The lowest BCUT2D eigenvalue weighted by atomic mass is 10.0. The van der Waals surface area contributed by atoms with Crippen LogP contribution in [0.25, 0.3) is 17.4 Å². The van der Waals surface area contributed by atoms with E-state index < -0.39 is 12.1 Å². The minimum Gasteiger partial charge on any atom is -0.542 e. The van der Waals surface area contributed by atoms with Gasteiger partial charge in [0.2, 0.25) is 23.6 Å². The number of hydrogen-bond donors (Lipinski definition) is 3. The molecule has 1 aromatic carbocycles. The van der Waals surface area contributed by atoms with Crippen molar-refractivity contribution in [1.29, 1.82) is 0 Å². The number of nitrogen functional groups attached to an aromatic ring is 1. The molecule has 6 rings (SSSR count). The molecule has 1 atom stereocenters. The van der Waals surface area contributed by atoms with Gasteiger partial charge in [-0.15, -0.1) is 5.10 Å². The number of carboxylic acids is 1. The summed E-state index contributed by atoms with van der Waals surface area (Å²) in [6.45, 7) is 4.77. The molecule has 2 aliphatic heterocycles. The number of alkyl halides is 3. The number of carboxylic acid groups (broad SMARTS) is 1. The molecule has 0 saturated carbocycles. The Morgan fingerprint density at radius 3 is 2.68 bits per heavy atom. The van der Waals surface area contributed by atoms with Gasteiger partial charge in [-0.05, 0) is 29.3 Å². The Labute approximate surface area is 230 Å². The lowest BCUT2D eigenvalue weighted by molar-refractivity contribution is -0.897. The molecule has 0 spiro atoms. The average molecular weight is 574 g/mol. The lowest BCUT2D eigenvalue weighted by Gasteiger charge is -2.20. The Kier molecular flexibility index (Phi) is 7.74. The van der Waals surface area contributed by atoms with E-state index in [4.69, 9.17) is 20.1 Å². The van der Waals surface area contributed by atoms with Gasteiger partial charge in [0.1, 0.15) is 5.97 Å². The van der Waals surface area contributed by atoms with Crippen LogP contribution in [0.4, 0.5) is 30.8 Å². The third-order valence-electron chi connectivity index (χ3n) is 6.80. The number of nitrogens with zero attached hydrogens (tertiary/aromatic N) is 6. The number of nitrogens with one attached hydrogen (secondary N) is 2. The molecule has 4 aromatic rings. The molecule has 1 unspecified atom stereocenters. The van der Waals surface area contributed by atoms with E-state index in [1.165, 1.54) is 15.0 Å². The van der Waals surface area contributed by atoms with Crippen LogP contribution in [0.2, 0.25) is 0 Å². The Morgan fingerprint density at radius 2 is 1.95 bits per heavy atom. The van der Waals surface area contributed by atoms with Crippen LogP contribution in [0, 0.1) is 0 Å². The summed E-state index contributed by atoms with van der Waals surface area (Å²) in [7, 11) is 0. The number of furan rings is 1. The van der Waals surface area contributed by atoms with Crippen LogP contribution in [0.1, 0.15) is 17.5 Å². The SMILES string of the molecule is Nc1nc(N2CCC[NH+](CCc3cccc4c3CC(=O)N4)CC2)nc2nc(-c3ccco3)nn12.O=C([O-])C(F)(F)F. The van der Waals surface area contributed by atoms with Crippen molar-refractivity contribution in [2.75, 3.05) is 48.7 Å². The van der Waals surface area contributed by atoms with E-state index in [1.807, 2.05) is 12.1 Å². The normalized spacial score (nSPS) is 17.0. The smallest absolute Gasteiger partial charge is 0.430 e. The topological polar surface area (TPSA) is 172 Å². The number of halogens is 3. The van der Waals surface area contributed by atoms with Crippen LogP contribution in [0.15, 0.2) is 41.0 Å². The standard InChI is InChI=1S/C23H25N9O2.C2HF3O2/c24-21-27-22(28-23-26-20(29-32(21)23)18-6-2-13-34-18)31-9-3-8-30(11-12-31)10-7-15-4-1-5-17-16(15)14-19(33)25-17;3-2(4,5)1(6)7/h1-2,4-6,13H,3,7-12,14H2,(H,25,33)(H2,24,26,27,28,29);(H,6,7). The molecule has 41 heavy (non-hydrogen) atoms. The maximum atomic E-state index is 11.8. The second-order valence-electron chi connectivity index (χ2n) is 9.55. The molecule has 0 aliphatic carbocycles. The van der Waals surface area contributed by atoms with Crippen molar-refractivity contribution in [3.63, 3.8) is 0 Å². The second-order valence-corrected chi connectivity index (χ2v) is 9.55. The van der Waals surface area contributed by atoms with Crippen molar-refractivity contribution in [3.05, 3.63) is 47.7 Å². The minimum atomic E-state index is -5.19. The third-order valence-corrected chi connectivity index (χ3v) is 6.80. The van der Waals surface area contributed by atoms with Crippen molar-refractivity contribution < 1.29 is 37.2 Å². The zero-order chi connectivity index (χ0) is 29.1. The summed E-state index contributed by atoms with van der Waals surface area (Å²) in [5.74, 6) is -0.699. The molecular weight excluding hydrogens is 547 g/mol. The fraction of sp³-hybridized carbons (Fsp3) is 0.360. The number of nitrogens with two attached hydrogens (primary N) is 1. The predicted molar refractivity (Wildman–Crippen MR) is 137 cm³/mol. The van der Waals surface area contributed by atoms with E-state index in [2.05, 4.69) is 36.3 Å². The number of fused-ring (bicyclic) bond motifs is 2. The molecule has 2 aliphatic rings. The summed E-state index contributed by atoms with van der Waals surface area (Å²) in [6.07, 6.45) is -1.15. The maximum absolute atomic E-state index is 11.8. The number of hydrogen-bond acceptors (Lipinski definition) is 10.